The summed E-state index contributed by atoms with van der Waals surface area (Å²) in [4.78, 5) is 14.0. The standard InChI is InChI=1S/C15H19BrN2O2/c1-15(2,8-17)9-18(3)14(19)13-7-10-6-11(16)4-5-12(10)20-13/h4-7H,8-9,17H2,1-3H3. The maximum Gasteiger partial charge on any atom is 0.289 e. The number of halogens is 1. The average molecular weight is 339 g/mol. The van der Waals surface area contributed by atoms with E-state index in [9.17, 15) is 4.79 Å². The van der Waals surface area contributed by atoms with Crippen LogP contribution >= 0.6 is 15.9 Å². The topological polar surface area (TPSA) is 59.5 Å². The highest BCUT2D eigenvalue weighted by Gasteiger charge is 2.23. The van der Waals surface area contributed by atoms with E-state index in [0.29, 0.717) is 24.4 Å². The zero-order chi connectivity index (χ0) is 14.9. The van der Waals surface area contributed by atoms with Crippen molar-refractivity contribution in [3.8, 4) is 0 Å². The van der Waals surface area contributed by atoms with Gasteiger partial charge in [0.1, 0.15) is 5.58 Å². The van der Waals surface area contributed by atoms with Gasteiger partial charge in [0, 0.05) is 23.5 Å². The summed E-state index contributed by atoms with van der Waals surface area (Å²) < 4.78 is 6.57. The molecule has 1 aromatic carbocycles. The maximum absolute atomic E-state index is 12.4. The molecule has 0 aliphatic heterocycles. The van der Waals surface area contributed by atoms with Gasteiger partial charge in [-0.05, 0) is 36.2 Å². The van der Waals surface area contributed by atoms with E-state index in [1.165, 1.54) is 0 Å². The lowest BCUT2D eigenvalue weighted by molar-refractivity contribution is 0.0711. The first-order valence-corrected chi connectivity index (χ1v) is 7.26. The van der Waals surface area contributed by atoms with Crippen LogP contribution < -0.4 is 5.73 Å². The van der Waals surface area contributed by atoms with E-state index in [0.717, 1.165) is 9.86 Å². The van der Waals surface area contributed by atoms with E-state index in [-0.39, 0.29) is 11.3 Å². The molecule has 0 aliphatic rings. The molecule has 0 saturated carbocycles. The number of fused-ring (bicyclic) bond motifs is 1. The number of carbonyl (C=O) groups excluding carboxylic acids is 1. The van der Waals surface area contributed by atoms with Gasteiger partial charge in [-0.15, -0.1) is 0 Å². The maximum atomic E-state index is 12.4. The van der Waals surface area contributed by atoms with Crippen LogP contribution in [0.2, 0.25) is 0 Å². The van der Waals surface area contributed by atoms with Crippen LogP contribution in [0.4, 0.5) is 0 Å². The van der Waals surface area contributed by atoms with Crippen molar-refractivity contribution < 1.29 is 9.21 Å². The minimum Gasteiger partial charge on any atom is -0.451 e. The third kappa shape index (κ3) is 3.22. The van der Waals surface area contributed by atoms with Gasteiger partial charge in [0.25, 0.3) is 5.91 Å². The monoisotopic (exact) mass is 338 g/mol. The Bertz CT molecular complexity index is 634. The summed E-state index contributed by atoms with van der Waals surface area (Å²) in [6.45, 7) is 5.18. The SMILES string of the molecule is CN(CC(C)(C)CN)C(=O)c1cc2cc(Br)ccc2o1. The quantitative estimate of drug-likeness (QED) is 0.930. The van der Waals surface area contributed by atoms with Gasteiger partial charge in [0.05, 0.1) is 0 Å². The Morgan fingerprint density at radius 2 is 2.10 bits per heavy atom. The number of nitrogens with zero attached hydrogens (tertiary/aromatic N) is 1. The first kappa shape index (κ1) is 15.1. The van der Waals surface area contributed by atoms with Crippen molar-refractivity contribution in [2.75, 3.05) is 20.1 Å². The van der Waals surface area contributed by atoms with Crippen molar-refractivity contribution in [3.63, 3.8) is 0 Å². The summed E-state index contributed by atoms with van der Waals surface area (Å²) in [6, 6.07) is 7.44. The van der Waals surface area contributed by atoms with Crippen LogP contribution in [-0.4, -0.2) is 30.9 Å². The minimum atomic E-state index is -0.126. The highest BCUT2D eigenvalue weighted by molar-refractivity contribution is 9.10. The lowest BCUT2D eigenvalue weighted by atomic mass is 9.93. The van der Waals surface area contributed by atoms with Crippen LogP contribution in [0.3, 0.4) is 0 Å². The number of amides is 1. The fourth-order valence-corrected chi connectivity index (χ4v) is 2.46. The zero-order valence-electron chi connectivity index (χ0n) is 11.9. The van der Waals surface area contributed by atoms with E-state index in [1.807, 2.05) is 32.0 Å². The van der Waals surface area contributed by atoms with Crippen LogP contribution in [0.1, 0.15) is 24.4 Å². The van der Waals surface area contributed by atoms with Gasteiger partial charge < -0.3 is 15.1 Å². The first-order valence-electron chi connectivity index (χ1n) is 6.47. The third-order valence-electron chi connectivity index (χ3n) is 3.25. The Morgan fingerprint density at radius 3 is 2.75 bits per heavy atom. The Morgan fingerprint density at radius 1 is 1.40 bits per heavy atom. The summed E-state index contributed by atoms with van der Waals surface area (Å²) in [5.41, 5.74) is 6.30. The van der Waals surface area contributed by atoms with E-state index < -0.39 is 0 Å². The second-order valence-electron chi connectivity index (χ2n) is 5.82. The zero-order valence-corrected chi connectivity index (χ0v) is 13.5. The molecule has 1 amide bonds. The summed E-state index contributed by atoms with van der Waals surface area (Å²) in [5.74, 6) is 0.229. The molecule has 1 aromatic heterocycles. The number of benzene rings is 1. The molecule has 1 heterocycles. The molecule has 4 nitrogen and oxygen atoms in total. The van der Waals surface area contributed by atoms with Crippen LogP contribution in [0.5, 0.6) is 0 Å². The normalized spacial score (nSPS) is 11.8. The molecule has 108 valence electrons. The third-order valence-corrected chi connectivity index (χ3v) is 3.75. The second kappa shape index (κ2) is 5.58. The summed E-state index contributed by atoms with van der Waals surface area (Å²) in [5, 5.41) is 0.911. The molecule has 20 heavy (non-hydrogen) atoms. The predicted octanol–water partition coefficient (Wildman–Crippen LogP) is 3.25. The van der Waals surface area contributed by atoms with Crippen molar-refractivity contribution in [2.24, 2.45) is 11.1 Å². The van der Waals surface area contributed by atoms with Crippen LogP contribution in [0.25, 0.3) is 11.0 Å². The Kier molecular flexibility index (Phi) is 4.20. The number of hydrogen-bond donors (Lipinski definition) is 1. The molecule has 0 aliphatic carbocycles. The van der Waals surface area contributed by atoms with Gasteiger partial charge in [-0.2, -0.15) is 0 Å². The lowest BCUT2D eigenvalue weighted by Crippen LogP contribution is -2.39. The molecule has 2 N–H and O–H groups in total. The predicted molar refractivity (Wildman–Crippen MR) is 83.7 cm³/mol. The molecule has 5 heteroatoms. The van der Waals surface area contributed by atoms with E-state index in [1.54, 1.807) is 18.0 Å². The number of furan rings is 1. The Labute approximate surface area is 127 Å². The summed E-state index contributed by atoms with van der Waals surface area (Å²) >= 11 is 3.41. The number of carbonyl (C=O) groups is 1. The largest absolute Gasteiger partial charge is 0.451 e. The molecule has 0 fully saturated rings. The number of nitrogens with two attached hydrogens (primary N) is 1. The minimum absolute atomic E-state index is 0.112. The average Bonchev–Trinajstić information content (AvgIpc) is 2.80. The van der Waals surface area contributed by atoms with Crippen LogP contribution in [-0.2, 0) is 0 Å². The lowest BCUT2D eigenvalue weighted by Gasteiger charge is -2.28. The fourth-order valence-electron chi connectivity index (χ4n) is 2.09. The van der Waals surface area contributed by atoms with Gasteiger partial charge in [0.15, 0.2) is 5.76 Å². The van der Waals surface area contributed by atoms with E-state index in [4.69, 9.17) is 10.2 Å². The molecule has 0 radical (unpaired) electrons. The van der Waals surface area contributed by atoms with Gasteiger partial charge in [-0.25, -0.2) is 0 Å². The van der Waals surface area contributed by atoms with Gasteiger partial charge >= 0.3 is 0 Å². The molecule has 0 spiro atoms. The van der Waals surface area contributed by atoms with Gasteiger partial charge in [-0.3, -0.25) is 4.79 Å². The Balaban J connectivity index is 2.22. The molecule has 2 rings (SSSR count). The van der Waals surface area contributed by atoms with Crippen molar-refractivity contribution >= 4 is 32.8 Å². The van der Waals surface area contributed by atoms with E-state index in [2.05, 4.69) is 15.9 Å². The fraction of sp³-hybridized carbons (Fsp3) is 0.400. The molecule has 0 bridgehead atoms. The van der Waals surface area contributed by atoms with Crippen LogP contribution in [0, 0.1) is 5.41 Å². The Hall–Kier alpha value is -1.33. The highest BCUT2D eigenvalue weighted by atomic mass is 79.9. The van der Waals surface area contributed by atoms with E-state index >= 15 is 0 Å². The second-order valence-corrected chi connectivity index (χ2v) is 6.74. The number of hydrogen-bond acceptors (Lipinski definition) is 3. The molecular weight excluding hydrogens is 320 g/mol. The smallest absolute Gasteiger partial charge is 0.289 e. The molecule has 0 unspecified atom stereocenters. The molecular formula is C15H19BrN2O2. The molecule has 2 aromatic rings. The highest BCUT2D eigenvalue weighted by Crippen LogP contribution is 2.24. The van der Waals surface area contributed by atoms with Gasteiger partial charge in [0.2, 0.25) is 0 Å². The summed E-state index contributed by atoms with van der Waals surface area (Å²) in [6.07, 6.45) is 0. The van der Waals surface area contributed by atoms with Crippen molar-refractivity contribution in [1.29, 1.82) is 0 Å². The van der Waals surface area contributed by atoms with Crippen molar-refractivity contribution in [1.82, 2.24) is 4.90 Å². The summed E-state index contributed by atoms with van der Waals surface area (Å²) in [7, 11) is 1.77. The first-order chi connectivity index (χ1) is 9.32. The van der Waals surface area contributed by atoms with Crippen molar-refractivity contribution in [3.05, 3.63) is 34.5 Å². The molecule has 0 saturated heterocycles. The van der Waals surface area contributed by atoms with Gasteiger partial charge in [-0.1, -0.05) is 29.8 Å². The molecule has 0 atom stereocenters. The van der Waals surface area contributed by atoms with Crippen molar-refractivity contribution in [2.45, 2.75) is 13.8 Å². The van der Waals surface area contributed by atoms with Crippen LogP contribution in [0.15, 0.2) is 33.2 Å². The number of rotatable bonds is 4.